The molecule has 1 aliphatic heterocycles. The Morgan fingerprint density at radius 2 is 1.76 bits per heavy atom. The molecule has 34 heavy (non-hydrogen) atoms. The van der Waals surface area contributed by atoms with Gasteiger partial charge in [0.15, 0.2) is 11.2 Å². The maximum Gasteiger partial charge on any atom is 0.232 e. The van der Waals surface area contributed by atoms with Crippen LogP contribution < -0.4 is 15.1 Å². The van der Waals surface area contributed by atoms with Crippen LogP contribution in [0.4, 0.5) is 0 Å². The number of ether oxygens (including phenoxy) is 2. The number of fused-ring (bicyclic) bond motifs is 1. The standard InChI is InChI=1S/C22H22O12/c1-30-9-5-11(25)17-12(26)7-15(31-14(17)6-9)18-10(24)3-2-4-13(18)33-34-22-21(29)20(28)19(27)16(8-23)32-22/h2-7,16,19-25,27-29H,8H2,1H3/t16-,19-,20+,21-,22+/m1/s1. The fourth-order valence-electron chi connectivity index (χ4n) is 3.57. The van der Waals surface area contributed by atoms with Gasteiger partial charge in [0.05, 0.1) is 13.7 Å². The van der Waals surface area contributed by atoms with E-state index >= 15 is 0 Å². The zero-order valence-corrected chi connectivity index (χ0v) is 17.7. The van der Waals surface area contributed by atoms with Crippen LogP contribution in [-0.4, -0.2) is 75.1 Å². The number of hydrogen-bond donors (Lipinski definition) is 6. The molecule has 0 bridgehead atoms. The lowest BCUT2D eigenvalue weighted by Crippen LogP contribution is -2.59. The highest BCUT2D eigenvalue weighted by molar-refractivity contribution is 5.87. The lowest BCUT2D eigenvalue weighted by atomic mass is 9.99. The Kier molecular flexibility index (Phi) is 6.61. The Bertz CT molecular complexity index is 1240. The average Bonchev–Trinajstić information content (AvgIpc) is 2.81. The Morgan fingerprint density at radius 3 is 2.47 bits per heavy atom. The number of aliphatic hydroxyl groups is 4. The Labute approximate surface area is 191 Å². The molecule has 6 N–H and O–H groups in total. The van der Waals surface area contributed by atoms with Gasteiger partial charge in [0.2, 0.25) is 6.29 Å². The quantitative estimate of drug-likeness (QED) is 0.206. The van der Waals surface area contributed by atoms with E-state index in [1.54, 1.807) is 0 Å². The average molecular weight is 478 g/mol. The second-order valence-electron chi connectivity index (χ2n) is 7.52. The van der Waals surface area contributed by atoms with E-state index in [4.69, 9.17) is 23.7 Å². The zero-order valence-electron chi connectivity index (χ0n) is 17.7. The first-order valence-electron chi connectivity index (χ1n) is 10.1. The molecular formula is C22H22O12. The summed E-state index contributed by atoms with van der Waals surface area (Å²) >= 11 is 0. The molecule has 0 aliphatic carbocycles. The largest absolute Gasteiger partial charge is 0.507 e. The maximum atomic E-state index is 12.7. The van der Waals surface area contributed by atoms with Crippen molar-refractivity contribution in [1.29, 1.82) is 0 Å². The van der Waals surface area contributed by atoms with Gasteiger partial charge < -0.3 is 49.4 Å². The monoisotopic (exact) mass is 478 g/mol. The normalized spacial score (nSPS) is 24.8. The van der Waals surface area contributed by atoms with E-state index in [1.165, 1.54) is 37.4 Å². The van der Waals surface area contributed by atoms with Crippen LogP contribution in [0.1, 0.15) is 0 Å². The van der Waals surface area contributed by atoms with Crippen molar-refractivity contribution >= 4 is 11.0 Å². The predicted molar refractivity (Wildman–Crippen MR) is 113 cm³/mol. The van der Waals surface area contributed by atoms with E-state index in [0.717, 1.165) is 6.07 Å². The van der Waals surface area contributed by atoms with Gasteiger partial charge in [0, 0.05) is 18.2 Å². The van der Waals surface area contributed by atoms with Crippen LogP contribution >= 0.6 is 0 Å². The fourth-order valence-corrected chi connectivity index (χ4v) is 3.57. The molecule has 1 fully saturated rings. The Hall–Kier alpha value is -3.39. The van der Waals surface area contributed by atoms with Crippen molar-refractivity contribution in [2.45, 2.75) is 30.7 Å². The molecule has 0 saturated carbocycles. The number of benzene rings is 2. The van der Waals surface area contributed by atoms with E-state index in [9.17, 15) is 35.4 Å². The molecule has 12 heteroatoms. The summed E-state index contributed by atoms with van der Waals surface area (Å²) in [5.74, 6) is -0.786. The SMILES string of the molecule is COc1cc(O)c2c(=O)cc(-c3c(O)cccc3OO[C@@H]3O[C@H](CO)[C@@H](O)[C@H](O)[C@H]3O)oc2c1. The first kappa shape index (κ1) is 23.8. The van der Waals surface area contributed by atoms with Gasteiger partial charge in [-0.05, 0) is 12.1 Å². The maximum absolute atomic E-state index is 12.7. The molecule has 2 heterocycles. The molecule has 0 unspecified atom stereocenters. The second kappa shape index (κ2) is 9.46. The molecule has 1 saturated heterocycles. The minimum absolute atomic E-state index is 0.0246. The molecule has 0 spiro atoms. The number of methoxy groups -OCH3 is 1. The van der Waals surface area contributed by atoms with Crippen LogP contribution in [0.3, 0.4) is 0 Å². The molecule has 1 aromatic heterocycles. The lowest BCUT2D eigenvalue weighted by molar-refractivity contribution is -0.386. The molecule has 5 atom stereocenters. The van der Waals surface area contributed by atoms with Crippen molar-refractivity contribution in [2.75, 3.05) is 13.7 Å². The predicted octanol–water partition coefficient (Wildman–Crippen LogP) is -0.00990. The van der Waals surface area contributed by atoms with Crippen LogP contribution in [0.25, 0.3) is 22.3 Å². The minimum atomic E-state index is -1.73. The number of phenols is 2. The third-order valence-corrected chi connectivity index (χ3v) is 5.35. The number of phenolic OH excluding ortho intramolecular Hbond substituents is 2. The van der Waals surface area contributed by atoms with Crippen LogP contribution in [0, 0.1) is 0 Å². The molecule has 4 rings (SSSR count). The van der Waals surface area contributed by atoms with Crippen molar-refractivity contribution in [3.8, 4) is 34.3 Å². The molecule has 0 amide bonds. The van der Waals surface area contributed by atoms with Gasteiger partial charge in [0.25, 0.3) is 0 Å². The molecular weight excluding hydrogens is 456 g/mol. The lowest BCUT2D eigenvalue weighted by Gasteiger charge is -2.38. The molecule has 0 radical (unpaired) electrons. The van der Waals surface area contributed by atoms with E-state index in [1.807, 2.05) is 0 Å². The third kappa shape index (κ3) is 4.25. The summed E-state index contributed by atoms with van der Waals surface area (Å²) in [6, 6.07) is 7.71. The highest BCUT2D eigenvalue weighted by Crippen LogP contribution is 2.40. The molecule has 3 aromatic rings. The summed E-state index contributed by atoms with van der Waals surface area (Å²) in [7, 11) is 1.37. The van der Waals surface area contributed by atoms with Gasteiger partial charge in [-0.15, -0.1) is 0 Å². The fraction of sp³-hybridized carbons (Fsp3) is 0.318. The van der Waals surface area contributed by atoms with E-state index in [-0.39, 0.29) is 45.3 Å². The topological polar surface area (TPSA) is 189 Å². The van der Waals surface area contributed by atoms with Gasteiger partial charge >= 0.3 is 0 Å². The van der Waals surface area contributed by atoms with Crippen LogP contribution in [0.2, 0.25) is 0 Å². The highest BCUT2D eigenvalue weighted by Gasteiger charge is 2.45. The van der Waals surface area contributed by atoms with Crippen molar-refractivity contribution in [3.63, 3.8) is 0 Å². The minimum Gasteiger partial charge on any atom is -0.507 e. The third-order valence-electron chi connectivity index (χ3n) is 5.35. The summed E-state index contributed by atoms with van der Waals surface area (Å²) < 4.78 is 16.0. The number of aromatic hydroxyl groups is 2. The van der Waals surface area contributed by atoms with Crippen molar-refractivity contribution in [2.24, 2.45) is 0 Å². The number of rotatable bonds is 6. The van der Waals surface area contributed by atoms with Gasteiger partial charge in [0.1, 0.15) is 64.0 Å². The van der Waals surface area contributed by atoms with Crippen molar-refractivity contribution in [1.82, 2.24) is 0 Å². The van der Waals surface area contributed by atoms with E-state index in [0.29, 0.717) is 0 Å². The van der Waals surface area contributed by atoms with E-state index in [2.05, 4.69) is 0 Å². The number of hydrogen-bond acceptors (Lipinski definition) is 12. The van der Waals surface area contributed by atoms with Crippen molar-refractivity contribution in [3.05, 3.63) is 46.6 Å². The summed E-state index contributed by atoms with van der Waals surface area (Å²) in [5.41, 5.74) is -0.739. The molecule has 2 aromatic carbocycles. The van der Waals surface area contributed by atoms with E-state index < -0.39 is 42.7 Å². The zero-order chi connectivity index (χ0) is 24.6. The Balaban J connectivity index is 1.69. The summed E-state index contributed by atoms with van der Waals surface area (Å²) in [6.45, 7) is -0.666. The van der Waals surface area contributed by atoms with Crippen LogP contribution in [0.15, 0.2) is 45.6 Å². The summed E-state index contributed by atoms with van der Waals surface area (Å²) in [4.78, 5) is 23.0. The first-order chi connectivity index (χ1) is 16.2. The summed E-state index contributed by atoms with van der Waals surface area (Å²) in [6.07, 6.45) is -7.85. The smallest absolute Gasteiger partial charge is 0.232 e. The summed E-state index contributed by atoms with van der Waals surface area (Å²) in [5, 5.41) is 59.6. The van der Waals surface area contributed by atoms with Crippen molar-refractivity contribution < 1.29 is 54.3 Å². The molecule has 12 nitrogen and oxygen atoms in total. The highest BCUT2D eigenvalue weighted by atomic mass is 17.2. The molecule has 1 aliphatic rings. The van der Waals surface area contributed by atoms with Gasteiger partial charge in [-0.2, -0.15) is 4.89 Å². The van der Waals surface area contributed by atoms with Gasteiger partial charge in [-0.3, -0.25) is 4.79 Å². The first-order valence-corrected chi connectivity index (χ1v) is 10.1. The molecule has 182 valence electrons. The second-order valence-corrected chi connectivity index (χ2v) is 7.52. The Morgan fingerprint density at radius 1 is 1.00 bits per heavy atom. The number of aliphatic hydroxyl groups excluding tert-OH is 4. The van der Waals surface area contributed by atoms with Gasteiger partial charge in [-0.1, -0.05) is 6.07 Å². The van der Waals surface area contributed by atoms with Crippen LogP contribution in [-0.2, 0) is 9.62 Å². The van der Waals surface area contributed by atoms with Crippen LogP contribution in [0.5, 0.6) is 23.0 Å². The van der Waals surface area contributed by atoms with Gasteiger partial charge in [-0.25, -0.2) is 0 Å².